The monoisotopic (exact) mass is 336 g/mol. The van der Waals surface area contributed by atoms with Crippen LogP contribution in [-0.2, 0) is 5.41 Å². The quantitative estimate of drug-likeness (QED) is 0.890. The number of likely N-dealkylation sites (tertiary alicyclic amines) is 1. The Bertz CT molecular complexity index is 446. The van der Waals surface area contributed by atoms with Crippen molar-refractivity contribution in [1.29, 1.82) is 0 Å². The molecule has 0 saturated carbocycles. The van der Waals surface area contributed by atoms with Gasteiger partial charge in [0, 0.05) is 16.4 Å². The first-order chi connectivity index (χ1) is 9.71. The fourth-order valence-electron chi connectivity index (χ4n) is 4.12. The van der Waals surface area contributed by atoms with Crippen LogP contribution in [0.25, 0.3) is 0 Å². The lowest BCUT2D eigenvalue weighted by Crippen LogP contribution is -2.51. The lowest BCUT2D eigenvalue weighted by atomic mass is 9.63. The van der Waals surface area contributed by atoms with Crippen molar-refractivity contribution in [2.75, 3.05) is 33.2 Å². The summed E-state index contributed by atoms with van der Waals surface area (Å²) in [7, 11) is 2.25. The van der Waals surface area contributed by atoms with E-state index in [0.29, 0.717) is 5.41 Å². The van der Waals surface area contributed by atoms with Crippen molar-refractivity contribution in [3.8, 4) is 0 Å². The van der Waals surface area contributed by atoms with Gasteiger partial charge in [-0.3, -0.25) is 0 Å². The topological polar surface area (TPSA) is 15.3 Å². The van der Waals surface area contributed by atoms with Crippen molar-refractivity contribution in [1.82, 2.24) is 10.2 Å². The molecule has 1 aromatic carbocycles. The Morgan fingerprint density at radius 2 is 2.10 bits per heavy atom. The fourth-order valence-corrected chi connectivity index (χ4v) is 4.52. The molecular formula is C17H25BrN2. The van der Waals surface area contributed by atoms with E-state index in [1.54, 1.807) is 0 Å². The highest BCUT2D eigenvalue weighted by molar-refractivity contribution is 9.10. The molecule has 3 rings (SSSR count). The zero-order valence-electron chi connectivity index (χ0n) is 12.4. The van der Waals surface area contributed by atoms with Crippen LogP contribution in [0.2, 0.25) is 0 Å². The summed E-state index contributed by atoms with van der Waals surface area (Å²) < 4.78 is 1.22. The van der Waals surface area contributed by atoms with E-state index in [9.17, 15) is 0 Å². The Hall–Kier alpha value is -0.380. The zero-order valence-corrected chi connectivity index (χ0v) is 14.0. The molecule has 2 fully saturated rings. The highest BCUT2D eigenvalue weighted by atomic mass is 79.9. The second-order valence-corrected chi connectivity index (χ2v) is 7.44. The standard InChI is InChI=1S/C17H25BrN2/c1-20-10-6-14(7-11-20)17(8-3-9-19-13-17)15-4-2-5-16(18)12-15/h2,4-5,12,14,19H,3,6-11,13H2,1H3. The van der Waals surface area contributed by atoms with Gasteiger partial charge in [0.15, 0.2) is 0 Å². The van der Waals surface area contributed by atoms with E-state index in [-0.39, 0.29) is 0 Å². The van der Waals surface area contributed by atoms with Gasteiger partial charge < -0.3 is 10.2 Å². The predicted octanol–water partition coefficient (Wildman–Crippen LogP) is 3.41. The van der Waals surface area contributed by atoms with Gasteiger partial charge in [0.05, 0.1) is 0 Å². The molecule has 20 heavy (non-hydrogen) atoms. The average molecular weight is 337 g/mol. The van der Waals surface area contributed by atoms with Gasteiger partial charge in [0.1, 0.15) is 0 Å². The first-order valence-corrected chi connectivity index (χ1v) is 8.65. The summed E-state index contributed by atoms with van der Waals surface area (Å²) in [5.41, 5.74) is 1.89. The van der Waals surface area contributed by atoms with Crippen LogP contribution in [0.1, 0.15) is 31.2 Å². The second kappa shape index (κ2) is 6.17. The fraction of sp³-hybridized carbons (Fsp3) is 0.647. The van der Waals surface area contributed by atoms with Crippen LogP contribution in [0.5, 0.6) is 0 Å². The van der Waals surface area contributed by atoms with E-state index >= 15 is 0 Å². The van der Waals surface area contributed by atoms with Gasteiger partial charge >= 0.3 is 0 Å². The van der Waals surface area contributed by atoms with Gasteiger partial charge in [-0.1, -0.05) is 28.1 Å². The molecule has 2 aliphatic rings. The molecule has 0 aliphatic carbocycles. The minimum Gasteiger partial charge on any atom is -0.316 e. The number of benzene rings is 1. The average Bonchev–Trinajstić information content (AvgIpc) is 2.49. The summed E-state index contributed by atoms with van der Waals surface area (Å²) in [6.45, 7) is 4.83. The Morgan fingerprint density at radius 3 is 2.75 bits per heavy atom. The van der Waals surface area contributed by atoms with Crippen molar-refractivity contribution in [2.45, 2.75) is 31.1 Å². The minimum atomic E-state index is 0.350. The summed E-state index contributed by atoms with van der Waals surface area (Å²) >= 11 is 3.66. The van der Waals surface area contributed by atoms with E-state index in [1.807, 2.05) is 0 Å². The lowest BCUT2D eigenvalue weighted by molar-refractivity contribution is 0.121. The minimum absolute atomic E-state index is 0.350. The maximum absolute atomic E-state index is 3.67. The molecule has 2 saturated heterocycles. The highest BCUT2D eigenvalue weighted by Gasteiger charge is 2.42. The van der Waals surface area contributed by atoms with Crippen molar-refractivity contribution in [3.05, 3.63) is 34.3 Å². The lowest BCUT2D eigenvalue weighted by Gasteiger charge is -2.47. The van der Waals surface area contributed by atoms with E-state index in [4.69, 9.17) is 0 Å². The van der Waals surface area contributed by atoms with Gasteiger partial charge in [-0.2, -0.15) is 0 Å². The summed E-state index contributed by atoms with van der Waals surface area (Å²) in [4.78, 5) is 2.47. The van der Waals surface area contributed by atoms with Crippen molar-refractivity contribution in [2.24, 2.45) is 5.92 Å². The molecule has 0 bridgehead atoms. The number of hydrogen-bond acceptors (Lipinski definition) is 2. The smallest absolute Gasteiger partial charge is 0.0178 e. The molecular weight excluding hydrogens is 312 g/mol. The molecule has 1 unspecified atom stereocenters. The number of halogens is 1. The number of rotatable bonds is 2. The number of nitrogens with one attached hydrogen (secondary N) is 1. The van der Waals surface area contributed by atoms with Crippen LogP contribution < -0.4 is 5.32 Å². The van der Waals surface area contributed by atoms with E-state index in [2.05, 4.69) is 57.5 Å². The van der Waals surface area contributed by atoms with Crippen molar-refractivity contribution >= 4 is 15.9 Å². The number of nitrogens with zero attached hydrogens (tertiary/aromatic N) is 1. The maximum atomic E-state index is 3.67. The summed E-state index contributed by atoms with van der Waals surface area (Å²) in [6, 6.07) is 9.04. The zero-order chi connectivity index (χ0) is 14.0. The van der Waals surface area contributed by atoms with Crippen LogP contribution in [0.15, 0.2) is 28.7 Å². The molecule has 1 aromatic rings. The van der Waals surface area contributed by atoms with Crippen LogP contribution in [0.3, 0.4) is 0 Å². The molecule has 0 aromatic heterocycles. The van der Waals surface area contributed by atoms with E-state index in [1.165, 1.54) is 55.4 Å². The van der Waals surface area contributed by atoms with Crippen LogP contribution in [0, 0.1) is 5.92 Å². The highest BCUT2D eigenvalue weighted by Crippen LogP contribution is 2.43. The SMILES string of the molecule is CN1CCC(C2(c3cccc(Br)c3)CCCNC2)CC1. The first-order valence-electron chi connectivity index (χ1n) is 7.86. The Morgan fingerprint density at radius 1 is 1.30 bits per heavy atom. The molecule has 2 nitrogen and oxygen atoms in total. The van der Waals surface area contributed by atoms with Gasteiger partial charge in [0.25, 0.3) is 0 Å². The van der Waals surface area contributed by atoms with Crippen LogP contribution >= 0.6 is 15.9 Å². The van der Waals surface area contributed by atoms with Gasteiger partial charge in [-0.25, -0.2) is 0 Å². The molecule has 3 heteroatoms. The summed E-state index contributed by atoms with van der Waals surface area (Å²) in [5, 5.41) is 3.67. The van der Waals surface area contributed by atoms with E-state index < -0.39 is 0 Å². The molecule has 0 radical (unpaired) electrons. The third-order valence-corrected chi connectivity index (χ3v) is 5.81. The first kappa shape index (κ1) is 14.6. The normalized spacial score (nSPS) is 29.5. The molecule has 0 spiro atoms. The summed E-state index contributed by atoms with van der Waals surface area (Å²) in [6.07, 6.45) is 5.32. The van der Waals surface area contributed by atoms with Crippen LogP contribution in [0.4, 0.5) is 0 Å². The summed E-state index contributed by atoms with van der Waals surface area (Å²) in [5.74, 6) is 0.820. The van der Waals surface area contributed by atoms with E-state index in [0.717, 1.165) is 12.5 Å². The molecule has 1 N–H and O–H groups in total. The molecule has 2 heterocycles. The van der Waals surface area contributed by atoms with Gasteiger partial charge in [-0.05, 0) is 76.0 Å². The largest absolute Gasteiger partial charge is 0.316 e. The number of hydrogen-bond donors (Lipinski definition) is 1. The number of piperidine rings is 2. The second-order valence-electron chi connectivity index (χ2n) is 6.52. The predicted molar refractivity (Wildman–Crippen MR) is 88.1 cm³/mol. The third-order valence-electron chi connectivity index (χ3n) is 5.32. The molecule has 2 aliphatic heterocycles. The molecule has 0 amide bonds. The van der Waals surface area contributed by atoms with Gasteiger partial charge in [-0.15, -0.1) is 0 Å². The Kier molecular flexibility index (Phi) is 4.49. The van der Waals surface area contributed by atoms with Crippen molar-refractivity contribution < 1.29 is 0 Å². The van der Waals surface area contributed by atoms with Gasteiger partial charge in [0.2, 0.25) is 0 Å². The molecule has 110 valence electrons. The Labute approximate surface area is 131 Å². The third kappa shape index (κ3) is 2.81. The van der Waals surface area contributed by atoms with Crippen LogP contribution in [-0.4, -0.2) is 38.1 Å². The molecule has 1 atom stereocenters. The van der Waals surface area contributed by atoms with Crippen molar-refractivity contribution in [3.63, 3.8) is 0 Å². The Balaban J connectivity index is 1.92. The maximum Gasteiger partial charge on any atom is 0.0178 e.